The number of rotatable bonds is 1. The lowest BCUT2D eigenvalue weighted by Gasteiger charge is -1.85. The SMILES string of the molecule is O=C(O)c1ncc2occn12. The van der Waals surface area contributed by atoms with Crippen LogP contribution in [0.1, 0.15) is 10.6 Å². The Hall–Kier alpha value is -1.78. The van der Waals surface area contributed by atoms with Gasteiger partial charge in [-0.05, 0) is 0 Å². The zero-order valence-corrected chi connectivity index (χ0v) is 5.39. The second-order valence-corrected chi connectivity index (χ2v) is 2.00. The summed E-state index contributed by atoms with van der Waals surface area (Å²) in [6, 6.07) is 0. The van der Waals surface area contributed by atoms with Gasteiger partial charge < -0.3 is 9.52 Å². The predicted octanol–water partition coefficient (Wildman–Crippen LogP) is 0.625. The number of nitrogens with zero attached hydrogens (tertiary/aromatic N) is 2. The van der Waals surface area contributed by atoms with Gasteiger partial charge in [0.15, 0.2) is 0 Å². The van der Waals surface area contributed by atoms with Crippen molar-refractivity contribution >= 4 is 11.7 Å². The van der Waals surface area contributed by atoms with Crippen LogP contribution in [0.4, 0.5) is 0 Å². The second kappa shape index (κ2) is 1.85. The van der Waals surface area contributed by atoms with Crippen LogP contribution in [-0.2, 0) is 0 Å². The number of imidazole rings is 1. The number of carbonyl (C=O) groups is 1. The number of oxazole rings is 1. The molecule has 0 aromatic carbocycles. The van der Waals surface area contributed by atoms with E-state index in [2.05, 4.69) is 4.98 Å². The van der Waals surface area contributed by atoms with Crippen LogP contribution in [0, 0.1) is 0 Å². The fourth-order valence-electron chi connectivity index (χ4n) is 0.896. The monoisotopic (exact) mass is 152 g/mol. The molecule has 0 atom stereocenters. The number of fused-ring (bicyclic) bond motifs is 1. The van der Waals surface area contributed by atoms with Crippen LogP contribution in [0.3, 0.4) is 0 Å². The van der Waals surface area contributed by atoms with E-state index in [1.165, 1.54) is 23.1 Å². The van der Waals surface area contributed by atoms with Crippen molar-refractivity contribution in [1.29, 1.82) is 0 Å². The summed E-state index contributed by atoms with van der Waals surface area (Å²) in [4.78, 5) is 14.1. The van der Waals surface area contributed by atoms with E-state index in [1.807, 2.05) is 0 Å². The summed E-state index contributed by atoms with van der Waals surface area (Å²) >= 11 is 0. The largest absolute Gasteiger partial charge is 0.475 e. The highest BCUT2D eigenvalue weighted by molar-refractivity contribution is 5.84. The van der Waals surface area contributed by atoms with Gasteiger partial charge in [0.25, 0.3) is 0 Å². The first-order chi connectivity index (χ1) is 5.29. The van der Waals surface area contributed by atoms with Gasteiger partial charge in [-0.3, -0.25) is 4.40 Å². The first-order valence-corrected chi connectivity index (χ1v) is 2.93. The van der Waals surface area contributed by atoms with Crippen LogP contribution < -0.4 is 0 Å². The molecular weight excluding hydrogens is 148 g/mol. The fraction of sp³-hybridized carbons (Fsp3) is 0. The molecule has 0 saturated carbocycles. The third-order valence-electron chi connectivity index (χ3n) is 1.35. The van der Waals surface area contributed by atoms with Gasteiger partial charge in [-0.2, -0.15) is 0 Å². The summed E-state index contributed by atoms with van der Waals surface area (Å²) in [7, 11) is 0. The highest BCUT2D eigenvalue weighted by atomic mass is 16.4. The smallest absolute Gasteiger partial charge is 0.372 e. The Morgan fingerprint density at radius 2 is 2.55 bits per heavy atom. The van der Waals surface area contributed by atoms with E-state index >= 15 is 0 Å². The summed E-state index contributed by atoms with van der Waals surface area (Å²) in [5, 5.41) is 8.57. The van der Waals surface area contributed by atoms with E-state index < -0.39 is 5.97 Å². The topological polar surface area (TPSA) is 67.7 Å². The molecule has 56 valence electrons. The molecule has 0 aliphatic rings. The predicted molar refractivity (Wildman–Crippen MR) is 34.4 cm³/mol. The summed E-state index contributed by atoms with van der Waals surface area (Å²) in [6.45, 7) is 0. The highest BCUT2D eigenvalue weighted by Crippen LogP contribution is 2.06. The summed E-state index contributed by atoms with van der Waals surface area (Å²) in [5.41, 5.74) is 0.433. The standard InChI is InChI=1S/C6H4N2O3/c9-6(10)5-7-3-4-8(5)1-2-11-4/h1-3H,(H,9,10). The first kappa shape index (κ1) is 5.96. The van der Waals surface area contributed by atoms with Crippen molar-refractivity contribution in [1.82, 2.24) is 9.38 Å². The Labute approximate surface area is 60.9 Å². The average Bonchev–Trinajstić information content (AvgIpc) is 2.41. The second-order valence-electron chi connectivity index (χ2n) is 2.00. The molecule has 2 aromatic rings. The lowest BCUT2D eigenvalue weighted by Crippen LogP contribution is -2.01. The minimum atomic E-state index is -1.06. The van der Waals surface area contributed by atoms with Gasteiger partial charge in [0, 0.05) is 6.20 Å². The van der Waals surface area contributed by atoms with Crippen LogP contribution in [-0.4, -0.2) is 20.5 Å². The van der Waals surface area contributed by atoms with Gasteiger partial charge in [-0.15, -0.1) is 0 Å². The van der Waals surface area contributed by atoms with E-state index in [9.17, 15) is 4.79 Å². The van der Waals surface area contributed by atoms with Crippen LogP contribution in [0.2, 0.25) is 0 Å². The van der Waals surface area contributed by atoms with Crippen molar-refractivity contribution in [3.63, 3.8) is 0 Å². The number of hydrogen-bond donors (Lipinski definition) is 1. The highest BCUT2D eigenvalue weighted by Gasteiger charge is 2.11. The number of hydrogen-bond acceptors (Lipinski definition) is 3. The Kier molecular flexibility index (Phi) is 1.00. The third kappa shape index (κ3) is 0.706. The maximum Gasteiger partial charge on any atom is 0.372 e. The number of carboxylic acids is 1. The molecule has 0 fully saturated rings. The van der Waals surface area contributed by atoms with Crippen molar-refractivity contribution in [2.75, 3.05) is 0 Å². The third-order valence-corrected chi connectivity index (χ3v) is 1.35. The Bertz CT molecular complexity index is 401. The van der Waals surface area contributed by atoms with Crippen LogP contribution in [0.5, 0.6) is 0 Å². The Morgan fingerprint density at radius 1 is 1.73 bits per heavy atom. The average molecular weight is 152 g/mol. The fourth-order valence-corrected chi connectivity index (χ4v) is 0.896. The van der Waals surface area contributed by atoms with Crippen LogP contribution >= 0.6 is 0 Å². The molecule has 0 bridgehead atoms. The Morgan fingerprint density at radius 3 is 3.27 bits per heavy atom. The van der Waals surface area contributed by atoms with Gasteiger partial charge in [0.05, 0.1) is 6.20 Å². The summed E-state index contributed by atoms with van der Waals surface area (Å²) in [5.74, 6) is -1.10. The molecular formula is C6H4N2O3. The zero-order chi connectivity index (χ0) is 7.84. The molecule has 0 radical (unpaired) electrons. The molecule has 0 aliphatic carbocycles. The maximum atomic E-state index is 10.4. The molecule has 2 heterocycles. The van der Waals surface area contributed by atoms with E-state index in [4.69, 9.17) is 9.52 Å². The molecule has 5 nitrogen and oxygen atoms in total. The lowest BCUT2D eigenvalue weighted by molar-refractivity contribution is 0.0683. The maximum absolute atomic E-state index is 10.4. The van der Waals surface area contributed by atoms with Gasteiger partial charge in [-0.1, -0.05) is 0 Å². The van der Waals surface area contributed by atoms with Crippen molar-refractivity contribution in [3.8, 4) is 0 Å². The normalized spacial score (nSPS) is 10.5. The van der Waals surface area contributed by atoms with Crippen molar-refractivity contribution in [3.05, 3.63) is 24.5 Å². The molecule has 0 aliphatic heterocycles. The van der Waals surface area contributed by atoms with Crippen LogP contribution in [0.15, 0.2) is 23.1 Å². The van der Waals surface area contributed by atoms with E-state index in [-0.39, 0.29) is 5.82 Å². The van der Waals surface area contributed by atoms with Crippen molar-refractivity contribution < 1.29 is 14.3 Å². The lowest BCUT2D eigenvalue weighted by atomic mass is 10.6. The quantitative estimate of drug-likeness (QED) is 0.650. The Balaban J connectivity index is 2.78. The molecule has 1 N–H and O–H groups in total. The van der Waals surface area contributed by atoms with Gasteiger partial charge in [0.2, 0.25) is 11.5 Å². The molecule has 0 unspecified atom stereocenters. The number of carboxylic acid groups (broad SMARTS) is 1. The van der Waals surface area contributed by atoms with Gasteiger partial charge in [-0.25, -0.2) is 9.78 Å². The van der Waals surface area contributed by atoms with Crippen LogP contribution in [0.25, 0.3) is 5.71 Å². The van der Waals surface area contributed by atoms with Crippen molar-refractivity contribution in [2.24, 2.45) is 0 Å². The minimum Gasteiger partial charge on any atom is -0.475 e. The first-order valence-electron chi connectivity index (χ1n) is 2.93. The number of aromatic carboxylic acids is 1. The zero-order valence-electron chi connectivity index (χ0n) is 5.39. The van der Waals surface area contributed by atoms with E-state index in [0.29, 0.717) is 5.71 Å². The molecule has 2 aromatic heterocycles. The summed E-state index contributed by atoms with van der Waals surface area (Å²) < 4.78 is 6.25. The molecule has 0 amide bonds. The van der Waals surface area contributed by atoms with Gasteiger partial charge in [0.1, 0.15) is 6.26 Å². The molecule has 2 rings (SSSR count). The van der Waals surface area contributed by atoms with E-state index in [0.717, 1.165) is 0 Å². The minimum absolute atomic E-state index is 0.0336. The van der Waals surface area contributed by atoms with E-state index in [1.54, 1.807) is 0 Å². The summed E-state index contributed by atoms with van der Waals surface area (Å²) in [6.07, 6.45) is 4.28. The van der Waals surface area contributed by atoms with Gasteiger partial charge >= 0.3 is 5.97 Å². The molecule has 0 saturated heterocycles. The van der Waals surface area contributed by atoms with Crippen molar-refractivity contribution in [2.45, 2.75) is 0 Å². The molecule has 0 spiro atoms. The molecule has 5 heteroatoms. The number of aromatic nitrogens is 2. The molecule has 11 heavy (non-hydrogen) atoms.